The van der Waals surface area contributed by atoms with Gasteiger partial charge >= 0.3 is 0 Å². The summed E-state index contributed by atoms with van der Waals surface area (Å²) in [5.74, 6) is -1.30. The lowest BCUT2D eigenvalue weighted by Crippen LogP contribution is -2.44. The summed E-state index contributed by atoms with van der Waals surface area (Å²) in [6.07, 6.45) is 3.16. The van der Waals surface area contributed by atoms with E-state index in [1.54, 1.807) is 31.6 Å². The number of amides is 2. The van der Waals surface area contributed by atoms with Crippen LogP contribution in [0.3, 0.4) is 0 Å². The summed E-state index contributed by atoms with van der Waals surface area (Å²) in [5, 5.41) is 13.8. The van der Waals surface area contributed by atoms with E-state index in [0.29, 0.717) is 18.7 Å². The van der Waals surface area contributed by atoms with Gasteiger partial charge in [0.1, 0.15) is 18.5 Å². The van der Waals surface area contributed by atoms with Crippen LogP contribution in [-0.2, 0) is 32.2 Å². The summed E-state index contributed by atoms with van der Waals surface area (Å²) >= 11 is 0. The Kier molecular flexibility index (Phi) is 7.59. The summed E-state index contributed by atoms with van der Waals surface area (Å²) in [7, 11) is 1.54. The zero-order chi connectivity index (χ0) is 24.8. The third kappa shape index (κ3) is 5.59. The van der Waals surface area contributed by atoms with Crippen LogP contribution in [0, 0.1) is 5.82 Å². The molecule has 0 spiro atoms. The fraction of sp³-hybridized carbons (Fsp3) is 0.231. The number of carbonyl (C=O) groups is 2. The van der Waals surface area contributed by atoms with Crippen molar-refractivity contribution in [3.8, 4) is 0 Å². The Morgan fingerprint density at radius 2 is 1.83 bits per heavy atom. The summed E-state index contributed by atoms with van der Waals surface area (Å²) in [6, 6.07) is 15.0. The molecule has 182 valence electrons. The van der Waals surface area contributed by atoms with Crippen LogP contribution in [0.1, 0.15) is 11.1 Å². The van der Waals surface area contributed by atoms with Crippen LogP contribution < -0.4 is 5.32 Å². The maximum Gasteiger partial charge on any atom is 0.278 e. The minimum Gasteiger partial charge on any atom is -0.488 e. The number of rotatable bonds is 9. The number of hydrogen-bond donors (Lipinski definition) is 2. The molecule has 2 aromatic rings. The van der Waals surface area contributed by atoms with E-state index in [0.717, 1.165) is 5.56 Å². The molecule has 35 heavy (non-hydrogen) atoms. The molecule has 0 aliphatic carbocycles. The van der Waals surface area contributed by atoms with E-state index in [4.69, 9.17) is 9.47 Å². The zero-order valence-corrected chi connectivity index (χ0v) is 19.2. The maximum absolute atomic E-state index is 13.2. The van der Waals surface area contributed by atoms with Gasteiger partial charge in [0.2, 0.25) is 0 Å². The van der Waals surface area contributed by atoms with E-state index in [2.05, 4.69) is 5.32 Å². The van der Waals surface area contributed by atoms with Gasteiger partial charge in [-0.2, -0.15) is 0 Å². The Hall–Kier alpha value is -3.95. The molecule has 0 saturated heterocycles. The van der Waals surface area contributed by atoms with Gasteiger partial charge in [-0.1, -0.05) is 42.5 Å². The van der Waals surface area contributed by atoms with Crippen LogP contribution >= 0.6 is 0 Å². The molecule has 0 aromatic heterocycles. The van der Waals surface area contributed by atoms with E-state index >= 15 is 0 Å². The lowest BCUT2D eigenvalue weighted by Gasteiger charge is -2.36. The minimum atomic E-state index is -1.46. The topological polar surface area (TPSA) is 91.3 Å². The van der Waals surface area contributed by atoms with Crippen LogP contribution in [-0.4, -0.2) is 53.1 Å². The number of aliphatic hydroxyl groups excluding tert-OH is 1. The molecular formula is C26H26FN3O5. The molecule has 8 nitrogen and oxygen atoms in total. The molecule has 2 heterocycles. The smallest absolute Gasteiger partial charge is 0.278 e. The van der Waals surface area contributed by atoms with Crippen molar-refractivity contribution in [1.82, 2.24) is 15.1 Å². The van der Waals surface area contributed by atoms with Crippen molar-refractivity contribution < 1.29 is 28.6 Å². The van der Waals surface area contributed by atoms with Gasteiger partial charge in [0.15, 0.2) is 11.5 Å². The first kappa shape index (κ1) is 24.2. The van der Waals surface area contributed by atoms with Crippen molar-refractivity contribution in [2.75, 3.05) is 20.3 Å². The van der Waals surface area contributed by atoms with E-state index in [9.17, 15) is 19.1 Å². The van der Waals surface area contributed by atoms with Gasteiger partial charge in [0.05, 0.1) is 12.2 Å². The van der Waals surface area contributed by atoms with Gasteiger partial charge < -0.3 is 29.7 Å². The monoisotopic (exact) mass is 479 g/mol. The average Bonchev–Trinajstić information content (AvgIpc) is 2.87. The van der Waals surface area contributed by atoms with E-state index in [-0.39, 0.29) is 41.9 Å². The molecule has 2 amide bonds. The standard InChI is InChI=1S/C26H26FN3O5/c1-34-14-13-29-11-12-30-16-21(25(32)28-15-18-7-9-20(27)10-8-18)23(31)24(22(30)26(29)33)35-17-19-5-3-2-4-6-19/h2-12,16,23,31H,13-15,17H2,1H3,(H,28,32). The predicted molar refractivity (Wildman–Crippen MR) is 125 cm³/mol. The van der Waals surface area contributed by atoms with Gasteiger partial charge in [-0.25, -0.2) is 4.39 Å². The van der Waals surface area contributed by atoms with Gasteiger partial charge in [-0.15, -0.1) is 0 Å². The van der Waals surface area contributed by atoms with Crippen LogP contribution in [0.2, 0.25) is 0 Å². The lowest BCUT2D eigenvalue weighted by atomic mass is 10.0. The molecule has 2 aliphatic rings. The molecule has 9 heteroatoms. The van der Waals surface area contributed by atoms with Crippen molar-refractivity contribution in [2.24, 2.45) is 0 Å². The van der Waals surface area contributed by atoms with Crippen molar-refractivity contribution in [1.29, 1.82) is 0 Å². The quantitative estimate of drug-likeness (QED) is 0.574. The Balaban J connectivity index is 1.58. The second kappa shape index (κ2) is 11.0. The second-order valence-corrected chi connectivity index (χ2v) is 7.98. The first-order valence-corrected chi connectivity index (χ1v) is 11.1. The highest BCUT2D eigenvalue weighted by Crippen LogP contribution is 2.31. The average molecular weight is 480 g/mol. The molecular weight excluding hydrogens is 453 g/mol. The number of benzene rings is 2. The molecule has 1 atom stereocenters. The predicted octanol–water partition coefficient (Wildman–Crippen LogP) is 2.39. The summed E-state index contributed by atoms with van der Waals surface area (Å²) in [6.45, 7) is 0.891. The highest BCUT2D eigenvalue weighted by atomic mass is 19.1. The summed E-state index contributed by atoms with van der Waals surface area (Å²) in [4.78, 5) is 29.1. The normalized spacial score (nSPS) is 17.3. The highest BCUT2D eigenvalue weighted by molar-refractivity contribution is 5.99. The second-order valence-electron chi connectivity index (χ2n) is 7.98. The van der Waals surface area contributed by atoms with Crippen molar-refractivity contribution in [2.45, 2.75) is 19.3 Å². The molecule has 2 aromatic carbocycles. The summed E-state index contributed by atoms with van der Waals surface area (Å²) in [5.41, 5.74) is 1.68. The van der Waals surface area contributed by atoms with Gasteiger partial charge in [0.25, 0.3) is 11.8 Å². The molecule has 0 bridgehead atoms. The Morgan fingerprint density at radius 1 is 1.09 bits per heavy atom. The number of carbonyl (C=O) groups excluding carboxylic acids is 2. The largest absolute Gasteiger partial charge is 0.488 e. The number of ether oxygens (including phenoxy) is 2. The van der Waals surface area contributed by atoms with Crippen molar-refractivity contribution in [3.05, 3.63) is 107 Å². The fourth-order valence-corrected chi connectivity index (χ4v) is 3.69. The molecule has 2 N–H and O–H groups in total. The Labute approximate surface area is 202 Å². The molecule has 0 radical (unpaired) electrons. The van der Waals surface area contributed by atoms with E-state index in [1.807, 2.05) is 30.3 Å². The number of fused-ring (bicyclic) bond motifs is 1. The van der Waals surface area contributed by atoms with Crippen LogP contribution in [0.25, 0.3) is 0 Å². The molecule has 4 rings (SSSR count). The number of aliphatic hydroxyl groups is 1. The molecule has 0 fully saturated rings. The minimum absolute atomic E-state index is 0.0138. The number of halogens is 1. The first-order chi connectivity index (χ1) is 17.0. The SMILES string of the molecule is COCCN1C=CN2C=C(C(=O)NCc3ccc(F)cc3)C(O)C(OCc3ccccc3)=C2C1=O. The fourth-order valence-electron chi connectivity index (χ4n) is 3.69. The third-order valence-electron chi connectivity index (χ3n) is 5.59. The number of hydrogen-bond acceptors (Lipinski definition) is 6. The number of methoxy groups -OCH3 is 1. The van der Waals surface area contributed by atoms with Crippen LogP contribution in [0.5, 0.6) is 0 Å². The van der Waals surface area contributed by atoms with Crippen molar-refractivity contribution in [3.63, 3.8) is 0 Å². The highest BCUT2D eigenvalue weighted by Gasteiger charge is 2.39. The van der Waals surface area contributed by atoms with Gasteiger partial charge in [0, 0.05) is 38.8 Å². The van der Waals surface area contributed by atoms with E-state index < -0.39 is 12.0 Å². The summed E-state index contributed by atoms with van der Waals surface area (Å²) < 4.78 is 24.2. The molecule has 2 aliphatic heterocycles. The van der Waals surface area contributed by atoms with Gasteiger partial charge in [-0.05, 0) is 23.3 Å². The van der Waals surface area contributed by atoms with Gasteiger partial charge in [-0.3, -0.25) is 9.59 Å². The zero-order valence-electron chi connectivity index (χ0n) is 19.2. The maximum atomic E-state index is 13.2. The van der Waals surface area contributed by atoms with Crippen LogP contribution in [0.4, 0.5) is 4.39 Å². The number of nitrogens with zero attached hydrogens (tertiary/aromatic N) is 2. The first-order valence-electron chi connectivity index (χ1n) is 11.1. The van der Waals surface area contributed by atoms with Crippen molar-refractivity contribution >= 4 is 11.8 Å². The molecule has 1 unspecified atom stereocenters. The van der Waals surface area contributed by atoms with E-state index in [1.165, 1.54) is 28.1 Å². The lowest BCUT2D eigenvalue weighted by molar-refractivity contribution is -0.128. The Bertz CT molecular complexity index is 1160. The Morgan fingerprint density at radius 3 is 2.54 bits per heavy atom. The molecule has 0 saturated carbocycles. The third-order valence-corrected chi connectivity index (χ3v) is 5.59. The van der Waals surface area contributed by atoms with Crippen LogP contribution in [0.15, 0.2) is 90.2 Å². The number of nitrogens with one attached hydrogen (secondary N) is 1.